The van der Waals surface area contributed by atoms with Gasteiger partial charge in [0, 0.05) is 43.5 Å². The van der Waals surface area contributed by atoms with E-state index in [0.717, 1.165) is 26.1 Å². The number of hydrogen-bond acceptors (Lipinski definition) is 6. The van der Waals surface area contributed by atoms with Gasteiger partial charge in [-0.3, -0.25) is 14.4 Å². The lowest BCUT2D eigenvalue weighted by atomic mass is 10.00. The Bertz CT molecular complexity index is 1310. The van der Waals surface area contributed by atoms with Crippen molar-refractivity contribution in [3.8, 4) is 11.5 Å². The second-order valence-electron chi connectivity index (χ2n) is 8.25. The van der Waals surface area contributed by atoms with E-state index < -0.39 is 10.0 Å². The number of benzene rings is 3. The SMILES string of the molecule is COc1ccc(S(=O)(=O)Nc2cccc(C(=O)NCCN3CCc4ccccc4C3)c2)cc1OC. The van der Waals surface area contributed by atoms with Crippen LogP contribution in [0.4, 0.5) is 5.69 Å². The summed E-state index contributed by atoms with van der Waals surface area (Å²) in [6.45, 7) is 3.08. The molecule has 184 valence electrons. The first-order chi connectivity index (χ1) is 16.9. The molecule has 2 N–H and O–H groups in total. The molecule has 1 aliphatic heterocycles. The molecule has 0 fully saturated rings. The molecule has 0 aromatic heterocycles. The predicted octanol–water partition coefficient (Wildman–Crippen LogP) is 3.29. The van der Waals surface area contributed by atoms with E-state index >= 15 is 0 Å². The molecule has 0 saturated heterocycles. The maximum absolute atomic E-state index is 12.9. The van der Waals surface area contributed by atoms with Gasteiger partial charge in [0.05, 0.1) is 19.1 Å². The number of anilines is 1. The molecule has 9 heteroatoms. The van der Waals surface area contributed by atoms with Gasteiger partial charge in [-0.05, 0) is 47.9 Å². The fourth-order valence-electron chi connectivity index (χ4n) is 4.10. The number of sulfonamides is 1. The Labute approximate surface area is 205 Å². The maximum Gasteiger partial charge on any atom is 0.262 e. The van der Waals surface area contributed by atoms with Gasteiger partial charge in [-0.15, -0.1) is 0 Å². The second-order valence-corrected chi connectivity index (χ2v) is 9.94. The normalized spacial score (nSPS) is 13.5. The minimum atomic E-state index is -3.89. The largest absolute Gasteiger partial charge is 0.493 e. The van der Waals surface area contributed by atoms with Gasteiger partial charge in [-0.25, -0.2) is 8.42 Å². The number of rotatable bonds is 9. The van der Waals surface area contributed by atoms with E-state index in [1.54, 1.807) is 18.2 Å². The summed E-state index contributed by atoms with van der Waals surface area (Å²) < 4.78 is 38.6. The number of methoxy groups -OCH3 is 2. The third-order valence-corrected chi connectivity index (χ3v) is 7.34. The van der Waals surface area contributed by atoms with Crippen LogP contribution in [0.1, 0.15) is 21.5 Å². The van der Waals surface area contributed by atoms with E-state index in [-0.39, 0.29) is 10.8 Å². The summed E-state index contributed by atoms with van der Waals surface area (Å²) in [6.07, 6.45) is 1.01. The minimum Gasteiger partial charge on any atom is -0.493 e. The van der Waals surface area contributed by atoms with E-state index in [1.807, 2.05) is 0 Å². The lowest BCUT2D eigenvalue weighted by Gasteiger charge is -2.28. The minimum absolute atomic E-state index is 0.0214. The van der Waals surface area contributed by atoms with Crippen LogP contribution in [-0.4, -0.2) is 53.1 Å². The van der Waals surface area contributed by atoms with E-state index in [2.05, 4.69) is 39.2 Å². The van der Waals surface area contributed by atoms with Crippen molar-refractivity contribution < 1.29 is 22.7 Å². The highest BCUT2D eigenvalue weighted by Crippen LogP contribution is 2.30. The molecular weight excluding hydrogens is 466 g/mol. The third kappa shape index (κ3) is 5.93. The molecule has 4 rings (SSSR count). The van der Waals surface area contributed by atoms with Gasteiger partial charge in [-0.2, -0.15) is 0 Å². The van der Waals surface area contributed by atoms with E-state index in [0.29, 0.717) is 29.3 Å². The Morgan fingerprint density at radius 2 is 1.71 bits per heavy atom. The highest BCUT2D eigenvalue weighted by atomic mass is 32.2. The lowest BCUT2D eigenvalue weighted by Crippen LogP contribution is -2.37. The number of carbonyl (C=O) groups excluding carboxylic acids is 1. The molecule has 0 spiro atoms. The van der Waals surface area contributed by atoms with Gasteiger partial charge in [0.25, 0.3) is 15.9 Å². The van der Waals surface area contributed by atoms with Crippen LogP contribution in [0.15, 0.2) is 71.6 Å². The molecule has 0 atom stereocenters. The van der Waals surface area contributed by atoms with Gasteiger partial charge in [0.2, 0.25) is 0 Å². The molecule has 0 saturated carbocycles. The quantitative estimate of drug-likeness (QED) is 0.473. The Balaban J connectivity index is 1.36. The fourth-order valence-corrected chi connectivity index (χ4v) is 5.16. The van der Waals surface area contributed by atoms with E-state index in [1.165, 1.54) is 49.6 Å². The number of nitrogens with one attached hydrogen (secondary N) is 2. The molecule has 1 aliphatic rings. The molecule has 0 bridgehead atoms. The summed E-state index contributed by atoms with van der Waals surface area (Å²) in [6, 6.07) is 19.2. The predicted molar refractivity (Wildman–Crippen MR) is 135 cm³/mol. The van der Waals surface area contributed by atoms with Crippen molar-refractivity contribution in [3.05, 3.63) is 83.4 Å². The van der Waals surface area contributed by atoms with Crippen LogP contribution in [0.25, 0.3) is 0 Å². The van der Waals surface area contributed by atoms with Crippen molar-refractivity contribution in [1.29, 1.82) is 0 Å². The number of ether oxygens (including phenoxy) is 2. The average molecular weight is 496 g/mol. The van der Waals surface area contributed by atoms with Crippen LogP contribution in [-0.2, 0) is 23.0 Å². The van der Waals surface area contributed by atoms with E-state index in [9.17, 15) is 13.2 Å². The molecule has 3 aromatic rings. The van der Waals surface area contributed by atoms with Gasteiger partial charge in [0.15, 0.2) is 11.5 Å². The molecule has 0 aliphatic carbocycles. The monoisotopic (exact) mass is 495 g/mol. The lowest BCUT2D eigenvalue weighted by molar-refractivity contribution is 0.0947. The highest BCUT2D eigenvalue weighted by molar-refractivity contribution is 7.92. The van der Waals surface area contributed by atoms with Crippen molar-refractivity contribution in [3.63, 3.8) is 0 Å². The van der Waals surface area contributed by atoms with Gasteiger partial charge in [0.1, 0.15) is 0 Å². The molecule has 35 heavy (non-hydrogen) atoms. The Morgan fingerprint density at radius 1 is 0.943 bits per heavy atom. The summed E-state index contributed by atoms with van der Waals surface area (Å²) in [5, 5.41) is 2.93. The van der Waals surface area contributed by atoms with Crippen molar-refractivity contribution >= 4 is 21.6 Å². The molecule has 1 amide bonds. The van der Waals surface area contributed by atoms with Gasteiger partial charge < -0.3 is 14.8 Å². The Hall–Kier alpha value is -3.56. The zero-order valence-electron chi connectivity index (χ0n) is 19.8. The van der Waals surface area contributed by atoms with Crippen LogP contribution in [0.3, 0.4) is 0 Å². The number of nitrogens with zero attached hydrogens (tertiary/aromatic N) is 1. The Morgan fingerprint density at radius 3 is 2.49 bits per heavy atom. The van der Waals surface area contributed by atoms with Crippen molar-refractivity contribution in [2.45, 2.75) is 17.9 Å². The smallest absolute Gasteiger partial charge is 0.262 e. The summed E-state index contributed by atoms with van der Waals surface area (Å²) in [4.78, 5) is 15.0. The van der Waals surface area contributed by atoms with Gasteiger partial charge in [-0.1, -0.05) is 30.3 Å². The second kappa shape index (κ2) is 10.8. The van der Waals surface area contributed by atoms with Crippen LogP contribution in [0.2, 0.25) is 0 Å². The average Bonchev–Trinajstić information content (AvgIpc) is 2.88. The molecule has 0 radical (unpaired) electrons. The van der Waals surface area contributed by atoms with Crippen molar-refractivity contribution in [1.82, 2.24) is 10.2 Å². The maximum atomic E-state index is 12.9. The molecule has 0 unspecified atom stereocenters. The number of hydrogen-bond donors (Lipinski definition) is 2. The summed E-state index contributed by atoms with van der Waals surface area (Å²) in [5.41, 5.74) is 3.39. The first-order valence-corrected chi connectivity index (χ1v) is 12.8. The summed E-state index contributed by atoms with van der Waals surface area (Å²) in [7, 11) is -0.976. The van der Waals surface area contributed by atoms with Crippen LogP contribution >= 0.6 is 0 Å². The van der Waals surface area contributed by atoms with Gasteiger partial charge >= 0.3 is 0 Å². The zero-order valence-corrected chi connectivity index (χ0v) is 20.6. The third-order valence-electron chi connectivity index (χ3n) is 5.97. The number of carbonyl (C=O) groups is 1. The van der Waals surface area contributed by atoms with Crippen LogP contribution < -0.4 is 19.5 Å². The first-order valence-electron chi connectivity index (χ1n) is 11.3. The van der Waals surface area contributed by atoms with Crippen LogP contribution in [0, 0.1) is 0 Å². The zero-order chi connectivity index (χ0) is 24.8. The summed E-state index contributed by atoms with van der Waals surface area (Å²) in [5.74, 6) is 0.481. The number of fused-ring (bicyclic) bond motifs is 1. The van der Waals surface area contributed by atoms with Crippen molar-refractivity contribution in [2.24, 2.45) is 0 Å². The Kier molecular flexibility index (Phi) is 7.57. The summed E-state index contributed by atoms with van der Waals surface area (Å²) >= 11 is 0. The van der Waals surface area contributed by atoms with Crippen molar-refractivity contribution in [2.75, 3.05) is 38.6 Å². The number of amides is 1. The molecular formula is C26H29N3O5S. The highest BCUT2D eigenvalue weighted by Gasteiger charge is 2.19. The fraction of sp³-hybridized carbons (Fsp3) is 0.269. The van der Waals surface area contributed by atoms with Crippen LogP contribution in [0.5, 0.6) is 11.5 Å². The molecule has 1 heterocycles. The van der Waals surface area contributed by atoms with E-state index in [4.69, 9.17) is 9.47 Å². The molecule has 8 nitrogen and oxygen atoms in total. The standard InChI is InChI=1S/C26H29N3O5S/c1-33-24-11-10-23(17-25(24)34-2)35(31,32)28-22-9-5-8-20(16-22)26(30)27-13-15-29-14-12-19-6-3-4-7-21(19)18-29/h3-11,16-17,28H,12-15,18H2,1-2H3,(H,27,30). The first kappa shape index (κ1) is 24.6. The molecule has 3 aromatic carbocycles. The topological polar surface area (TPSA) is 97.0 Å².